The summed E-state index contributed by atoms with van der Waals surface area (Å²) in [5.74, 6) is 0.963. The molecule has 0 amide bonds. The number of imidazole rings is 1. The Morgan fingerprint density at radius 2 is 1.95 bits per heavy atom. The number of ether oxygens (including phenoxy) is 1. The summed E-state index contributed by atoms with van der Waals surface area (Å²) in [6.07, 6.45) is 4.63. The fraction of sp³-hybridized carbons (Fsp3) is 0.389. The number of benzene rings is 1. The Morgan fingerprint density at radius 1 is 1.23 bits per heavy atom. The molecular weight excluding hydrogens is 288 g/mol. The summed E-state index contributed by atoms with van der Waals surface area (Å²) >= 11 is 0. The first kappa shape index (κ1) is 16.7. The third-order valence-electron chi connectivity index (χ3n) is 3.54. The van der Waals surface area contributed by atoms with Gasteiger partial charge in [0, 0.05) is 38.6 Å². The summed E-state index contributed by atoms with van der Waals surface area (Å²) in [7, 11) is -1.05. The van der Waals surface area contributed by atoms with E-state index >= 15 is 0 Å². The molecule has 0 saturated carbocycles. The van der Waals surface area contributed by atoms with Crippen LogP contribution in [0.25, 0.3) is 11.4 Å². The van der Waals surface area contributed by atoms with Crippen LogP contribution in [-0.4, -0.2) is 24.2 Å². The van der Waals surface area contributed by atoms with Crippen molar-refractivity contribution < 1.29 is 4.74 Å². The van der Waals surface area contributed by atoms with Gasteiger partial charge in [0.2, 0.25) is 0 Å². The van der Waals surface area contributed by atoms with Crippen LogP contribution in [0, 0.1) is 0 Å². The van der Waals surface area contributed by atoms with Gasteiger partial charge in [0.05, 0.1) is 0 Å². The fourth-order valence-electron chi connectivity index (χ4n) is 2.22. The normalized spacial score (nSPS) is 11.6. The van der Waals surface area contributed by atoms with Crippen LogP contribution in [0.2, 0.25) is 25.7 Å². The van der Waals surface area contributed by atoms with Gasteiger partial charge in [-0.1, -0.05) is 56.0 Å². The Balaban J connectivity index is 2.13. The van der Waals surface area contributed by atoms with Gasteiger partial charge in [-0.2, -0.15) is 0 Å². The first-order valence-electron chi connectivity index (χ1n) is 7.80. The number of allylic oxidation sites excluding steroid dienone is 1. The largest absolute Gasteiger partial charge is 0.361 e. The third-order valence-corrected chi connectivity index (χ3v) is 5.24. The maximum Gasteiger partial charge on any atom is 0.142 e. The van der Waals surface area contributed by atoms with Gasteiger partial charge in [0.15, 0.2) is 0 Å². The average Bonchev–Trinajstić information content (AvgIpc) is 2.87. The summed E-state index contributed by atoms with van der Waals surface area (Å²) in [6.45, 7) is 12.3. The van der Waals surface area contributed by atoms with E-state index in [0.717, 1.165) is 30.1 Å². The molecule has 0 aliphatic rings. The summed E-state index contributed by atoms with van der Waals surface area (Å²) in [4.78, 5) is 4.58. The number of nitrogens with zero attached hydrogens (tertiary/aromatic N) is 2. The number of hydrogen-bond acceptors (Lipinski definition) is 2. The van der Waals surface area contributed by atoms with Crippen molar-refractivity contribution >= 4 is 8.07 Å². The van der Waals surface area contributed by atoms with Crippen molar-refractivity contribution in [3.63, 3.8) is 0 Å². The van der Waals surface area contributed by atoms with Crippen LogP contribution in [-0.2, 0) is 17.9 Å². The maximum absolute atomic E-state index is 5.93. The monoisotopic (exact) mass is 314 g/mol. The molecule has 0 radical (unpaired) electrons. The topological polar surface area (TPSA) is 27.1 Å². The Kier molecular flexibility index (Phi) is 5.74. The Hall–Kier alpha value is -1.65. The molecule has 1 heterocycles. The van der Waals surface area contributed by atoms with E-state index in [1.807, 2.05) is 30.5 Å². The molecule has 0 saturated heterocycles. The third kappa shape index (κ3) is 4.68. The van der Waals surface area contributed by atoms with E-state index < -0.39 is 8.07 Å². The quantitative estimate of drug-likeness (QED) is 0.405. The molecule has 118 valence electrons. The lowest BCUT2D eigenvalue weighted by Crippen LogP contribution is -2.22. The first-order chi connectivity index (χ1) is 10.5. The summed E-state index contributed by atoms with van der Waals surface area (Å²) in [6, 6.07) is 11.4. The molecule has 0 aliphatic heterocycles. The van der Waals surface area contributed by atoms with Crippen molar-refractivity contribution in [2.75, 3.05) is 6.61 Å². The SMILES string of the molecule is C=CCc1cnc(-c2ccccc2)n1COCC[Si](C)(C)C. The minimum atomic E-state index is -1.05. The van der Waals surface area contributed by atoms with Gasteiger partial charge in [0.1, 0.15) is 12.6 Å². The molecule has 0 unspecified atom stereocenters. The van der Waals surface area contributed by atoms with Crippen LogP contribution in [0.5, 0.6) is 0 Å². The first-order valence-corrected chi connectivity index (χ1v) is 11.5. The highest BCUT2D eigenvalue weighted by molar-refractivity contribution is 6.76. The van der Waals surface area contributed by atoms with Crippen molar-refractivity contribution in [3.05, 3.63) is 54.9 Å². The van der Waals surface area contributed by atoms with Crippen LogP contribution in [0.4, 0.5) is 0 Å². The Morgan fingerprint density at radius 3 is 2.59 bits per heavy atom. The Labute approximate surface area is 134 Å². The van der Waals surface area contributed by atoms with Crippen molar-refractivity contribution in [1.29, 1.82) is 0 Å². The Bertz CT molecular complexity index is 599. The van der Waals surface area contributed by atoms with E-state index in [2.05, 4.69) is 47.9 Å². The van der Waals surface area contributed by atoms with Gasteiger partial charge >= 0.3 is 0 Å². The maximum atomic E-state index is 5.93. The molecule has 0 fully saturated rings. The smallest absolute Gasteiger partial charge is 0.142 e. The number of rotatable bonds is 8. The lowest BCUT2D eigenvalue weighted by Gasteiger charge is -2.17. The molecule has 1 aromatic carbocycles. The standard InChI is InChI=1S/C18H26N2OSi/c1-5-9-17-14-19-18(16-10-7-6-8-11-16)20(17)15-21-12-13-22(2,3)4/h5-8,10-11,14H,1,9,12-13,15H2,2-4H3. The molecule has 22 heavy (non-hydrogen) atoms. The van der Waals surface area contributed by atoms with Gasteiger partial charge in [0.25, 0.3) is 0 Å². The zero-order valence-electron chi connectivity index (χ0n) is 13.9. The molecule has 3 nitrogen and oxygen atoms in total. The zero-order chi connectivity index (χ0) is 16.0. The lowest BCUT2D eigenvalue weighted by molar-refractivity contribution is 0.0867. The highest BCUT2D eigenvalue weighted by Gasteiger charge is 2.14. The van der Waals surface area contributed by atoms with Gasteiger partial charge in [-0.05, 0) is 6.04 Å². The zero-order valence-corrected chi connectivity index (χ0v) is 14.9. The van der Waals surface area contributed by atoms with Crippen molar-refractivity contribution in [1.82, 2.24) is 9.55 Å². The second kappa shape index (κ2) is 7.56. The van der Waals surface area contributed by atoms with E-state index in [0.29, 0.717) is 6.73 Å². The highest BCUT2D eigenvalue weighted by Crippen LogP contribution is 2.20. The molecule has 2 rings (SSSR count). The van der Waals surface area contributed by atoms with E-state index in [1.165, 1.54) is 6.04 Å². The predicted molar refractivity (Wildman–Crippen MR) is 95.7 cm³/mol. The molecule has 0 aliphatic carbocycles. The molecule has 2 aromatic rings. The molecular formula is C18H26N2OSi. The highest BCUT2D eigenvalue weighted by atomic mass is 28.3. The van der Waals surface area contributed by atoms with Crippen LogP contribution < -0.4 is 0 Å². The summed E-state index contributed by atoms with van der Waals surface area (Å²) in [5, 5.41) is 0. The lowest BCUT2D eigenvalue weighted by atomic mass is 10.2. The van der Waals surface area contributed by atoms with Gasteiger partial charge in [-0.3, -0.25) is 0 Å². The van der Waals surface area contributed by atoms with Crippen molar-refractivity contribution in [3.8, 4) is 11.4 Å². The summed E-state index contributed by atoms with van der Waals surface area (Å²) < 4.78 is 8.08. The second-order valence-corrected chi connectivity index (χ2v) is 12.3. The predicted octanol–water partition coefficient (Wildman–Crippen LogP) is 4.59. The van der Waals surface area contributed by atoms with E-state index in [4.69, 9.17) is 4.74 Å². The van der Waals surface area contributed by atoms with Crippen LogP contribution in [0.15, 0.2) is 49.2 Å². The molecule has 0 N–H and O–H groups in total. The van der Waals surface area contributed by atoms with E-state index in [9.17, 15) is 0 Å². The van der Waals surface area contributed by atoms with Crippen molar-refractivity contribution in [2.45, 2.75) is 38.8 Å². The fourth-order valence-corrected chi connectivity index (χ4v) is 2.97. The van der Waals surface area contributed by atoms with Gasteiger partial charge in [-0.25, -0.2) is 4.98 Å². The number of hydrogen-bond donors (Lipinski definition) is 0. The van der Waals surface area contributed by atoms with Crippen LogP contribution >= 0.6 is 0 Å². The van der Waals surface area contributed by atoms with Crippen LogP contribution in [0.3, 0.4) is 0 Å². The minimum absolute atomic E-state index is 0.553. The van der Waals surface area contributed by atoms with Crippen molar-refractivity contribution in [2.24, 2.45) is 0 Å². The van der Waals surface area contributed by atoms with Gasteiger partial charge < -0.3 is 9.30 Å². The molecule has 0 bridgehead atoms. The number of aromatic nitrogens is 2. The molecule has 0 atom stereocenters. The molecule has 0 spiro atoms. The molecule has 1 aromatic heterocycles. The summed E-state index contributed by atoms with van der Waals surface area (Å²) in [5.41, 5.74) is 2.26. The van der Waals surface area contributed by atoms with Gasteiger partial charge in [-0.15, -0.1) is 6.58 Å². The minimum Gasteiger partial charge on any atom is -0.361 e. The van der Waals surface area contributed by atoms with E-state index in [-0.39, 0.29) is 0 Å². The second-order valence-electron chi connectivity index (χ2n) is 6.71. The van der Waals surface area contributed by atoms with Crippen LogP contribution in [0.1, 0.15) is 5.69 Å². The molecule has 4 heteroatoms. The van der Waals surface area contributed by atoms with E-state index in [1.54, 1.807) is 0 Å². The average molecular weight is 315 g/mol.